The summed E-state index contributed by atoms with van der Waals surface area (Å²) in [7, 11) is 0. The maximum atomic E-state index is 12.7. The van der Waals surface area contributed by atoms with Crippen molar-refractivity contribution in [1.29, 1.82) is 0 Å². The topological polar surface area (TPSA) is 51.1 Å². The van der Waals surface area contributed by atoms with Crippen LogP contribution in [-0.2, 0) is 6.42 Å². The molecule has 162 valence electrons. The molecule has 4 rings (SSSR count). The number of unbranched alkanes of at least 4 members (excludes halogenated alkanes) is 1. The number of para-hydroxylation sites is 1. The summed E-state index contributed by atoms with van der Waals surface area (Å²) < 4.78 is 1.72. The maximum absolute atomic E-state index is 12.7. The average Bonchev–Trinajstić information content (AvgIpc) is 3.21. The molecule has 0 fully saturated rings. The van der Waals surface area contributed by atoms with E-state index in [0.717, 1.165) is 41.8 Å². The Balaban J connectivity index is 1.44. The molecule has 0 bridgehead atoms. The molecule has 0 spiro atoms. The van der Waals surface area contributed by atoms with E-state index in [1.54, 1.807) is 4.57 Å². The molecule has 0 atom stereocenters. The fraction of sp³-hybridized carbons (Fsp3) is 0.185. The van der Waals surface area contributed by atoms with E-state index in [-0.39, 0.29) is 10.8 Å². The maximum Gasteiger partial charge on any atom is 0.312 e. The Morgan fingerprint density at radius 1 is 0.938 bits per heavy atom. The molecule has 0 radical (unpaired) electrons. The van der Waals surface area contributed by atoms with Gasteiger partial charge in [-0.05, 0) is 55.5 Å². The summed E-state index contributed by atoms with van der Waals surface area (Å²) in [6.07, 6.45) is 2.97. The van der Waals surface area contributed by atoms with Crippen molar-refractivity contribution in [3.8, 4) is 16.9 Å². The number of rotatable bonds is 8. The van der Waals surface area contributed by atoms with Crippen LogP contribution in [-0.4, -0.2) is 17.0 Å². The Morgan fingerprint density at radius 3 is 2.53 bits per heavy atom. The summed E-state index contributed by atoms with van der Waals surface area (Å²) in [4.78, 5) is 25.3. The second-order valence-corrected chi connectivity index (χ2v) is 8.61. The summed E-state index contributed by atoms with van der Waals surface area (Å²) in [6.45, 7) is 2.63. The van der Waals surface area contributed by atoms with Crippen molar-refractivity contribution >= 4 is 17.2 Å². The van der Waals surface area contributed by atoms with Crippen molar-refractivity contribution in [1.82, 2.24) is 9.88 Å². The van der Waals surface area contributed by atoms with Gasteiger partial charge in [0.25, 0.3) is 5.91 Å². The highest BCUT2D eigenvalue weighted by Crippen LogP contribution is 2.25. The van der Waals surface area contributed by atoms with Crippen LogP contribution in [0.15, 0.2) is 89.0 Å². The smallest absolute Gasteiger partial charge is 0.312 e. The largest absolute Gasteiger partial charge is 0.352 e. The molecule has 4 aromatic rings. The van der Waals surface area contributed by atoms with Crippen molar-refractivity contribution in [3.63, 3.8) is 0 Å². The van der Waals surface area contributed by atoms with E-state index in [1.807, 2.05) is 66.9 Å². The first-order valence-electron chi connectivity index (χ1n) is 10.8. The number of nitrogens with zero attached hydrogens (tertiary/aromatic N) is 1. The van der Waals surface area contributed by atoms with Gasteiger partial charge in [-0.1, -0.05) is 72.0 Å². The number of nitrogens with one attached hydrogen (secondary N) is 1. The van der Waals surface area contributed by atoms with Gasteiger partial charge in [0, 0.05) is 23.1 Å². The number of carbonyl (C=O) groups excluding carboxylic acids is 1. The molecule has 1 amide bonds. The molecule has 0 saturated heterocycles. The molecule has 4 nitrogen and oxygen atoms in total. The highest BCUT2D eigenvalue weighted by molar-refractivity contribution is 7.07. The zero-order valence-electron chi connectivity index (χ0n) is 18.1. The monoisotopic (exact) mass is 442 g/mol. The molecule has 32 heavy (non-hydrogen) atoms. The Labute approximate surface area is 192 Å². The number of hydrogen-bond donors (Lipinski definition) is 1. The lowest BCUT2D eigenvalue weighted by Gasteiger charge is -2.11. The molecule has 0 aliphatic carbocycles. The molecule has 0 aliphatic heterocycles. The fourth-order valence-corrected chi connectivity index (χ4v) is 4.53. The van der Waals surface area contributed by atoms with E-state index in [1.165, 1.54) is 16.9 Å². The van der Waals surface area contributed by atoms with Crippen molar-refractivity contribution in [2.45, 2.75) is 26.2 Å². The van der Waals surface area contributed by atoms with Gasteiger partial charge in [0.05, 0.1) is 11.4 Å². The summed E-state index contributed by atoms with van der Waals surface area (Å²) in [5.74, 6) is -0.0911. The molecule has 1 aromatic heterocycles. The first-order chi connectivity index (χ1) is 15.6. The normalized spacial score (nSPS) is 10.8. The second kappa shape index (κ2) is 10.2. The van der Waals surface area contributed by atoms with Crippen LogP contribution in [0.4, 0.5) is 0 Å². The van der Waals surface area contributed by atoms with E-state index >= 15 is 0 Å². The van der Waals surface area contributed by atoms with Gasteiger partial charge in [-0.2, -0.15) is 0 Å². The van der Waals surface area contributed by atoms with Gasteiger partial charge < -0.3 is 5.32 Å². The Morgan fingerprint density at radius 2 is 1.72 bits per heavy atom. The number of amides is 1. The molecule has 1 heterocycles. The molecular formula is C27H26N2O2S. The predicted molar refractivity (Wildman–Crippen MR) is 132 cm³/mol. The number of aryl methyl sites for hydroxylation is 2. The van der Waals surface area contributed by atoms with Crippen LogP contribution in [0.25, 0.3) is 16.9 Å². The third-order valence-electron chi connectivity index (χ3n) is 5.49. The van der Waals surface area contributed by atoms with Gasteiger partial charge in [0.1, 0.15) is 0 Å². The highest BCUT2D eigenvalue weighted by Gasteiger charge is 2.14. The molecular weight excluding hydrogens is 416 g/mol. The van der Waals surface area contributed by atoms with Crippen LogP contribution in [0.5, 0.6) is 0 Å². The average molecular weight is 443 g/mol. The lowest BCUT2D eigenvalue weighted by Crippen LogP contribution is -2.24. The van der Waals surface area contributed by atoms with E-state index in [9.17, 15) is 9.59 Å². The third-order valence-corrected chi connectivity index (χ3v) is 6.22. The molecule has 0 aliphatic rings. The summed E-state index contributed by atoms with van der Waals surface area (Å²) in [5.41, 5.74) is 5.46. The van der Waals surface area contributed by atoms with Gasteiger partial charge in [-0.25, -0.2) is 0 Å². The van der Waals surface area contributed by atoms with Crippen LogP contribution in [0.2, 0.25) is 0 Å². The predicted octanol–water partition coefficient (Wildman–Crippen LogP) is 5.63. The summed E-state index contributed by atoms with van der Waals surface area (Å²) >= 11 is 1.17. The van der Waals surface area contributed by atoms with Crippen LogP contribution in [0.3, 0.4) is 0 Å². The first-order valence-corrected chi connectivity index (χ1v) is 11.7. The van der Waals surface area contributed by atoms with Gasteiger partial charge in [-0.15, -0.1) is 0 Å². The lowest BCUT2D eigenvalue weighted by molar-refractivity contribution is 0.0953. The molecule has 3 aromatic carbocycles. The number of aromatic nitrogens is 1. The Kier molecular flexibility index (Phi) is 6.97. The summed E-state index contributed by atoms with van der Waals surface area (Å²) in [6, 6.07) is 25.7. The first kappa shape index (κ1) is 21.8. The quantitative estimate of drug-likeness (QED) is 0.360. The zero-order valence-corrected chi connectivity index (χ0v) is 18.9. The lowest BCUT2D eigenvalue weighted by atomic mass is 10.1. The van der Waals surface area contributed by atoms with Crippen molar-refractivity contribution < 1.29 is 4.79 Å². The van der Waals surface area contributed by atoms with Crippen LogP contribution in [0.1, 0.15) is 34.3 Å². The number of carbonyl (C=O) groups is 1. The standard InChI is InChI=1S/C27H26N2O2S/c1-20-10-5-6-16-24(20)29-25(19-32-27(29)31)22-14-9-15-23(18-22)26(30)28-17-8-7-13-21-11-3-2-4-12-21/h2-6,9-12,14-16,18-19H,7-8,13,17H2,1H3,(H,28,30). The minimum absolute atomic E-state index is 0.0393. The molecule has 5 heteroatoms. The van der Waals surface area contributed by atoms with E-state index in [2.05, 4.69) is 29.6 Å². The third kappa shape index (κ3) is 5.06. The van der Waals surface area contributed by atoms with Gasteiger partial charge in [-0.3, -0.25) is 14.2 Å². The molecule has 0 saturated carbocycles. The Bertz CT molecular complexity index is 1260. The van der Waals surface area contributed by atoms with Crippen molar-refractivity contribution in [2.75, 3.05) is 6.54 Å². The van der Waals surface area contributed by atoms with E-state index in [0.29, 0.717) is 12.1 Å². The highest BCUT2D eigenvalue weighted by atomic mass is 32.1. The van der Waals surface area contributed by atoms with Gasteiger partial charge in [0.2, 0.25) is 0 Å². The van der Waals surface area contributed by atoms with E-state index in [4.69, 9.17) is 0 Å². The van der Waals surface area contributed by atoms with Gasteiger partial charge in [0.15, 0.2) is 0 Å². The van der Waals surface area contributed by atoms with Crippen LogP contribution in [0, 0.1) is 6.92 Å². The van der Waals surface area contributed by atoms with Gasteiger partial charge >= 0.3 is 4.87 Å². The zero-order chi connectivity index (χ0) is 22.3. The Hall–Kier alpha value is -3.44. The fourth-order valence-electron chi connectivity index (χ4n) is 3.77. The number of benzene rings is 3. The van der Waals surface area contributed by atoms with Crippen LogP contribution >= 0.6 is 11.3 Å². The van der Waals surface area contributed by atoms with Crippen molar-refractivity contribution in [3.05, 3.63) is 111 Å². The van der Waals surface area contributed by atoms with Crippen LogP contribution < -0.4 is 10.2 Å². The summed E-state index contributed by atoms with van der Waals surface area (Å²) in [5, 5.41) is 4.88. The minimum atomic E-state index is -0.0911. The molecule has 0 unspecified atom stereocenters. The number of hydrogen-bond acceptors (Lipinski definition) is 3. The van der Waals surface area contributed by atoms with Crippen molar-refractivity contribution in [2.24, 2.45) is 0 Å². The van der Waals surface area contributed by atoms with E-state index < -0.39 is 0 Å². The molecule has 1 N–H and O–H groups in total. The number of thiazole rings is 1. The minimum Gasteiger partial charge on any atom is -0.352 e. The second-order valence-electron chi connectivity index (χ2n) is 7.79. The SMILES string of the molecule is Cc1ccccc1-n1c(-c2cccc(C(=O)NCCCCc3ccccc3)c2)csc1=O.